The van der Waals surface area contributed by atoms with Crippen LogP contribution in [0.4, 0.5) is 11.5 Å². The summed E-state index contributed by atoms with van der Waals surface area (Å²) in [5.41, 5.74) is 4.47. The number of nitrogens with zero attached hydrogens (tertiary/aromatic N) is 1. The monoisotopic (exact) mass is 300 g/mol. The van der Waals surface area contributed by atoms with Crippen LogP contribution in [0.3, 0.4) is 0 Å². The van der Waals surface area contributed by atoms with E-state index in [1.165, 1.54) is 11.7 Å². The molecule has 0 fully saturated rings. The van der Waals surface area contributed by atoms with E-state index < -0.39 is 16.8 Å². The Morgan fingerprint density at radius 2 is 2.14 bits per heavy atom. The fourth-order valence-corrected chi connectivity index (χ4v) is 1.99. The maximum Gasteiger partial charge on any atom is 0.330 e. The quantitative estimate of drug-likeness (QED) is 0.524. The molecule has 21 heavy (non-hydrogen) atoms. The summed E-state index contributed by atoms with van der Waals surface area (Å²) >= 11 is 0. The molecule has 0 radical (unpaired) electrons. The molecule has 1 aromatic heterocycles. The number of nitrogens with one attached hydrogen (secondary N) is 2. The van der Waals surface area contributed by atoms with Crippen molar-refractivity contribution in [1.82, 2.24) is 9.55 Å². The molecule has 1 atom stereocenters. The van der Waals surface area contributed by atoms with Crippen LogP contribution in [0.1, 0.15) is 26.7 Å². The van der Waals surface area contributed by atoms with Gasteiger partial charge in [-0.1, -0.05) is 6.92 Å². The molecule has 120 valence electrons. The zero-order chi connectivity index (χ0) is 16.0. The van der Waals surface area contributed by atoms with Crippen LogP contribution in [0.2, 0.25) is 0 Å². The second-order valence-electron chi connectivity index (χ2n) is 5.18. The van der Waals surface area contributed by atoms with Gasteiger partial charge in [-0.05, 0) is 19.8 Å². The minimum atomic E-state index is -0.569. The Bertz CT molecular complexity index is 581. The molecule has 1 aromatic rings. The second-order valence-corrected chi connectivity index (χ2v) is 5.18. The van der Waals surface area contributed by atoms with Gasteiger partial charge in [0, 0.05) is 19.3 Å². The van der Waals surface area contributed by atoms with E-state index >= 15 is 0 Å². The van der Waals surface area contributed by atoms with Crippen LogP contribution in [-0.4, -0.2) is 40.5 Å². The van der Waals surface area contributed by atoms with Crippen molar-refractivity contribution < 1.29 is 9.84 Å². The van der Waals surface area contributed by atoms with Crippen molar-refractivity contribution in [2.24, 2.45) is 0 Å². The van der Waals surface area contributed by atoms with Crippen molar-refractivity contribution in [2.45, 2.75) is 38.8 Å². The first kappa shape index (κ1) is 17.3. The number of aromatic nitrogens is 2. The number of anilines is 2. The smallest absolute Gasteiger partial charge is 0.330 e. The molecule has 0 saturated carbocycles. The van der Waals surface area contributed by atoms with Crippen LogP contribution in [0.25, 0.3) is 0 Å². The third-order valence-corrected chi connectivity index (χ3v) is 3.63. The van der Waals surface area contributed by atoms with Crippen LogP contribution in [-0.2, 0) is 11.3 Å². The van der Waals surface area contributed by atoms with E-state index in [9.17, 15) is 9.59 Å². The summed E-state index contributed by atoms with van der Waals surface area (Å²) in [6.45, 7) is 4.35. The molecular weight excluding hydrogens is 276 g/mol. The summed E-state index contributed by atoms with van der Waals surface area (Å²) in [4.78, 5) is 26.0. The minimum absolute atomic E-state index is 0.0154. The Morgan fingerprint density at radius 1 is 1.48 bits per heavy atom. The van der Waals surface area contributed by atoms with Crippen LogP contribution in [0.15, 0.2) is 9.59 Å². The fraction of sp³-hybridized carbons (Fsp3) is 0.692. The maximum atomic E-state index is 12.0. The van der Waals surface area contributed by atoms with Crippen molar-refractivity contribution in [3.8, 4) is 0 Å². The molecule has 1 unspecified atom stereocenters. The molecule has 8 heteroatoms. The maximum absolute atomic E-state index is 12.0. The van der Waals surface area contributed by atoms with Crippen LogP contribution >= 0.6 is 0 Å². The molecule has 1 rings (SSSR count). The highest BCUT2D eigenvalue weighted by Crippen LogP contribution is 2.22. The molecule has 8 nitrogen and oxygen atoms in total. The van der Waals surface area contributed by atoms with E-state index in [1.807, 2.05) is 13.8 Å². The van der Waals surface area contributed by atoms with E-state index in [0.29, 0.717) is 19.4 Å². The van der Waals surface area contributed by atoms with E-state index in [1.54, 1.807) is 0 Å². The topological polar surface area (TPSA) is 122 Å². The number of H-pyrrole nitrogens is 1. The lowest BCUT2D eigenvalue weighted by molar-refractivity contribution is 0.186. The van der Waals surface area contributed by atoms with Crippen LogP contribution < -0.4 is 22.3 Å². The first-order valence-electron chi connectivity index (χ1n) is 6.89. The number of aromatic amines is 1. The Hall–Kier alpha value is -1.80. The number of methoxy groups -OCH3 is 1. The van der Waals surface area contributed by atoms with Gasteiger partial charge in [0.2, 0.25) is 0 Å². The summed E-state index contributed by atoms with van der Waals surface area (Å²) in [7, 11) is 1.52. The molecule has 0 amide bonds. The van der Waals surface area contributed by atoms with Gasteiger partial charge in [0.15, 0.2) is 0 Å². The Labute approximate surface area is 122 Å². The zero-order valence-electron chi connectivity index (χ0n) is 12.7. The van der Waals surface area contributed by atoms with Gasteiger partial charge in [0.1, 0.15) is 11.5 Å². The average Bonchev–Trinajstić information content (AvgIpc) is 2.43. The fourth-order valence-electron chi connectivity index (χ4n) is 1.99. The number of nitrogen functional groups attached to an aromatic ring is 1. The van der Waals surface area contributed by atoms with Gasteiger partial charge < -0.3 is 20.9 Å². The third-order valence-electron chi connectivity index (χ3n) is 3.63. The van der Waals surface area contributed by atoms with Crippen LogP contribution in [0, 0.1) is 0 Å². The van der Waals surface area contributed by atoms with Crippen molar-refractivity contribution in [2.75, 3.05) is 31.4 Å². The van der Waals surface area contributed by atoms with Crippen molar-refractivity contribution in [1.29, 1.82) is 0 Å². The zero-order valence-corrected chi connectivity index (χ0v) is 12.7. The third kappa shape index (κ3) is 4.08. The number of hydrogen-bond donors (Lipinski definition) is 4. The summed E-state index contributed by atoms with van der Waals surface area (Å²) in [5.74, 6) is 0.0680. The molecule has 0 spiro atoms. The van der Waals surface area contributed by atoms with Crippen LogP contribution in [0.5, 0.6) is 0 Å². The summed E-state index contributed by atoms with van der Waals surface area (Å²) in [5, 5.41) is 12.2. The standard InChI is InChI=1S/C13H24N4O4/c1-4-13(2,5-7-18)16-9-10(14)17(6-8-21-3)12(20)15-11(9)19/h16,18H,4-8,14H2,1-3H3,(H,15,19,20). The highest BCUT2D eigenvalue weighted by atomic mass is 16.5. The van der Waals surface area contributed by atoms with E-state index in [2.05, 4.69) is 10.3 Å². The molecule has 0 aliphatic heterocycles. The van der Waals surface area contributed by atoms with E-state index in [-0.39, 0.29) is 24.7 Å². The molecule has 0 bridgehead atoms. The lowest BCUT2D eigenvalue weighted by Crippen LogP contribution is -2.41. The lowest BCUT2D eigenvalue weighted by atomic mass is 9.94. The largest absolute Gasteiger partial charge is 0.396 e. The number of nitrogens with two attached hydrogens (primary N) is 1. The van der Waals surface area contributed by atoms with Crippen molar-refractivity contribution in [3.63, 3.8) is 0 Å². The van der Waals surface area contributed by atoms with Gasteiger partial charge in [-0.3, -0.25) is 14.3 Å². The number of rotatable bonds is 8. The Morgan fingerprint density at radius 3 is 2.67 bits per heavy atom. The summed E-state index contributed by atoms with van der Waals surface area (Å²) in [6.07, 6.45) is 1.14. The van der Waals surface area contributed by atoms with Gasteiger partial charge in [-0.25, -0.2) is 4.79 Å². The predicted octanol–water partition coefficient (Wildman–Crippen LogP) is -0.272. The molecule has 0 aromatic carbocycles. The van der Waals surface area contributed by atoms with Gasteiger partial charge in [0.05, 0.1) is 13.2 Å². The van der Waals surface area contributed by atoms with Gasteiger partial charge in [-0.2, -0.15) is 0 Å². The highest BCUT2D eigenvalue weighted by Gasteiger charge is 2.24. The molecule has 5 N–H and O–H groups in total. The molecule has 0 aliphatic carbocycles. The van der Waals surface area contributed by atoms with E-state index in [4.69, 9.17) is 15.6 Å². The number of hydrogen-bond acceptors (Lipinski definition) is 6. The molecule has 0 saturated heterocycles. The molecular formula is C13H24N4O4. The van der Waals surface area contributed by atoms with Crippen molar-refractivity contribution in [3.05, 3.63) is 20.8 Å². The number of ether oxygens (including phenoxy) is 1. The normalized spacial score (nSPS) is 13.9. The van der Waals surface area contributed by atoms with Gasteiger partial charge in [0.25, 0.3) is 5.56 Å². The summed E-state index contributed by atoms with van der Waals surface area (Å²) < 4.78 is 6.18. The first-order chi connectivity index (χ1) is 9.88. The summed E-state index contributed by atoms with van der Waals surface area (Å²) in [6, 6.07) is 0. The number of aliphatic hydroxyl groups excluding tert-OH is 1. The van der Waals surface area contributed by atoms with Gasteiger partial charge >= 0.3 is 5.69 Å². The first-order valence-corrected chi connectivity index (χ1v) is 6.89. The average molecular weight is 300 g/mol. The lowest BCUT2D eigenvalue weighted by Gasteiger charge is -2.30. The SMILES string of the molecule is CCC(C)(CCO)Nc1c(N)n(CCOC)c(=O)[nH]c1=O. The second kappa shape index (κ2) is 7.28. The molecule has 0 aliphatic rings. The Balaban J connectivity index is 3.23. The highest BCUT2D eigenvalue weighted by molar-refractivity contribution is 5.61. The Kier molecular flexibility index (Phi) is 5.98. The minimum Gasteiger partial charge on any atom is -0.396 e. The van der Waals surface area contributed by atoms with Gasteiger partial charge in [-0.15, -0.1) is 0 Å². The van der Waals surface area contributed by atoms with Crippen molar-refractivity contribution >= 4 is 11.5 Å². The number of aliphatic hydroxyl groups is 1. The molecule has 1 heterocycles. The predicted molar refractivity (Wildman–Crippen MR) is 81.6 cm³/mol. The van der Waals surface area contributed by atoms with E-state index in [0.717, 1.165) is 0 Å².